The van der Waals surface area contributed by atoms with E-state index in [4.69, 9.17) is 4.74 Å². The number of carbonyl (C=O) groups excluding carboxylic acids is 3. The van der Waals surface area contributed by atoms with Crippen LogP contribution < -0.4 is 15.0 Å². The summed E-state index contributed by atoms with van der Waals surface area (Å²) in [5, 5.41) is 3.99. The van der Waals surface area contributed by atoms with Crippen molar-refractivity contribution in [3.8, 4) is 5.75 Å². The summed E-state index contributed by atoms with van der Waals surface area (Å²) in [4.78, 5) is 48.6. The monoisotopic (exact) mass is 598 g/mol. The molecule has 2 unspecified atom stereocenters. The third kappa shape index (κ3) is 4.83. The summed E-state index contributed by atoms with van der Waals surface area (Å²) in [6, 6.07) is 28.9. The topological polar surface area (TPSA) is 94.7 Å². The Balaban J connectivity index is 1.25. The summed E-state index contributed by atoms with van der Waals surface area (Å²) < 4.78 is 5.22. The van der Waals surface area contributed by atoms with Crippen molar-refractivity contribution in [3.05, 3.63) is 131 Å². The van der Waals surface area contributed by atoms with Gasteiger partial charge in [0.1, 0.15) is 17.8 Å². The van der Waals surface area contributed by atoms with Crippen LogP contribution in [0.1, 0.15) is 64.1 Å². The third-order valence-electron chi connectivity index (χ3n) is 8.97. The second kappa shape index (κ2) is 11.3. The highest BCUT2D eigenvalue weighted by Gasteiger charge is 2.53. The smallest absolute Gasteiger partial charge is 0.332 e. The van der Waals surface area contributed by atoms with Crippen molar-refractivity contribution in [2.75, 3.05) is 12.0 Å². The van der Waals surface area contributed by atoms with Crippen LogP contribution in [0.5, 0.6) is 5.75 Å². The molecule has 1 fully saturated rings. The number of amides is 4. The molecule has 5 aromatic rings. The molecule has 0 aliphatic carbocycles. The second-order valence-electron chi connectivity index (χ2n) is 11.9. The number of carbonyl (C=O) groups is 3. The zero-order chi connectivity index (χ0) is 31.2. The van der Waals surface area contributed by atoms with Crippen LogP contribution in [0.4, 0.5) is 10.5 Å². The molecule has 1 saturated heterocycles. The van der Waals surface area contributed by atoms with Crippen LogP contribution in [-0.4, -0.2) is 40.9 Å². The summed E-state index contributed by atoms with van der Waals surface area (Å²) in [7, 11) is 1.60. The van der Waals surface area contributed by atoms with Crippen molar-refractivity contribution >= 4 is 34.4 Å². The van der Waals surface area contributed by atoms with E-state index in [9.17, 15) is 14.4 Å². The maximum absolute atomic E-state index is 14.4. The van der Waals surface area contributed by atoms with Gasteiger partial charge in [-0.25, -0.2) is 9.69 Å². The number of anilines is 1. The molecule has 4 amide bonds. The number of nitrogens with one attached hydrogen (secondary N) is 2. The van der Waals surface area contributed by atoms with Gasteiger partial charge in [0.15, 0.2) is 0 Å². The third-order valence-corrected chi connectivity index (χ3v) is 8.97. The summed E-state index contributed by atoms with van der Waals surface area (Å²) in [5.41, 5.74) is 6.48. The van der Waals surface area contributed by atoms with Crippen LogP contribution in [0.3, 0.4) is 0 Å². The molecule has 45 heavy (non-hydrogen) atoms. The molecule has 8 nitrogen and oxygen atoms in total. The Morgan fingerprint density at radius 1 is 0.933 bits per heavy atom. The first-order valence-electron chi connectivity index (χ1n) is 15.2. The molecule has 8 heteroatoms. The minimum atomic E-state index is -0.714. The van der Waals surface area contributed by atoms with Gasteiger partial charge < -0.3 is 15.0 Å². The van der Waals surface area contributed by atoms with E-state index in [0.29, 0.717) is 12.3 Å². The molecular weight excluding hydrogens is 564 g/mol. The quantitative estimate of drug-likeness (QED) is 0.204. The van der Waals surface area contributed by atoms with Gasteiger partial charge in [0.05, 0.1) is 18.4 Å². The van der Waals surface area contributed by atoms with Gasteiger partial charge in [0.2, 0.25) is 0 Å². The molecule has 2 aliphatic rings. The lowest BCUT2D eigenvalue weighted by Gasteiger charge is -2.36. The molecular formula is C37H34N4O4. The number of hydrogen-bond donors (Lipinski definition) is 2. The molecule has 2 aliphatic heterocycles. The number of aromatic amines is 1. The van der Waals surface area contributed by atoms with Gasteiger partial charge in [0, 0.05) is 29.6 Å². The number of nitrogens with zero attached hydrogens (tertiary/aromatic N) is 2. The van der Waals surface area contributed by atoms with Crippen LogP contribution in [0, 0.1) is 0 Å². The summed E-state index contributed by atoms with van der Waals surface area (Å²) in [5.74, 6) is 0.380. The fraction of sp³-hybridized carbons (Fsp3) is 0.216. The zero-order valence-corrected chi connectivity index (χ0v) is 25.4. The van der Waals surface area contributed by atoms with E-state index in [1.165, 1.54) is 10.5 Å². The number of urea groups is 1. The van der Waals surface area contributed by atoms with Crippen LogP contribution in [-0.2, 0) is 17.8 Å². The highest BCUT2D eigenvalue weighted by Crippen LogP contribution is 2.45. The number of methoxy groups -OCH3 is 1. The number of benzene rings is 4. The highest BCUT2D eigenvalue weighted by atomic mass is 16.5. The van der Waals surface area contributed by atoms with Gasteiger partial charge in [-0.1, -0.05) is 80.6 Å². The number of aromatic nitrogens is 1. The molecule has 1 aromatic heterocycles. The standard InChI is InChI=1S/C37H34N4O4/c1-22(2)24-14-16-25(17-15-24)34-33-29(27-8-4-6-10-30(27)39-33)20-32-36(43)41(37(44)40(32)34)31-11-7-5-9-28(31)35(42)38-21-23-12-18-26(45-3)19-13-23/h4-19,22,32,34,39H,20-21H2,1-3H3,(H,38,42). The fourth-order valence-electron chi connectivity index (χ4n) is 6.59. The fourth-order valence-corrected chi connectivity index (χ4v) is 6.59. The van der Waals surface area contributed by atoms with Gasteiger partial charge >= 0.3 is 6.03 Å². The van der Waals surface area contributed by atoms with Crippen LogP contribution in [0.2, 0.25) is 0 Å². The van der Waals surface area contributed by atoms with E-state index in [1.807, 2.05) is 42.5 Å². The van der Waals surface area contributed by atoms with E-state index in [1.54, 1.807) is 36.3 Å². The summed E-state index contributed by atoms with van der Waals surface area (Å²) >= 11 is 0. The Labute approximate surface area is 261 Å². The van der Waals surface area contributed by atoms with E-state index in [2.05, 4.69) is 54.5 Å². The van der Waals surface area contributed by atoms with Crippen molar-refractivity contribution < 1.29 is 19.1 Å². The van der Waals surface area contributed by atoms with Gasteiger partial charge in [-0.3, -0.25) is 14.5 Å². The lowest BCUT2D eigenvalue weighted by molar-refractivity contribution is -0.120. The Morgan fingerprint density at radius 2 is 1.64 bits per heavy atom. The SMILES string of the molecule is COc1ccc(CNC(=O)c2ccccc2N2C(=O)C3Cc4c([nH]c5ccccc45)C(c4ccc(C(C)C)cc4)N3C2=O)cc1. The lowest BCUT2D eigenvalue weighted by atomic mass is 9.88. The number of hydrogen-bond acceptors (Lipinski definition) is 4. The highest BCUT2D eigenvalue weighted by molar-refractivity contribution is 6.24. The predicted molar refractivity (Wildman–Crippen MR) is 173 cm³/mol. The predicted octanol–water partition coefficient (Wildman–Crippen LogP) is 6.71. The van der Waals surface area contributed by atoms with Crippen LogP contribution >= 0.6 is 0 Å². The lowest BCUT2D eigenvalue weighted by Crippen LogP contribution is -2.44. The zero-order valence-electron chi connectivity index (χ0n) is 25.4. The minimum absolute atomic E-state index is 0.259. The molecule has 226 valence electrons. The number of H-pyrrole nitrogens is 1. The second-order valence-corrected chi connectivity index (χ2v) is 11.9. The van der Waals surface area contributed by atoms with E-state index >= 15 is 0 Å². The van der Waals surface area contributed by atoms with Gasteiger partial charge in [-0.15, -0.1) is 0 Å². The maximum atomic E-state index is 14.4. The van der Waals surface area contributed by atoms with Crippen molar-refractivity contribution in [1.82, 2.24) is 15.2 Å². The Morgan fingerprint density at radius 3 is 2.38 bits per heavy atom. The average Bonchev–Trinajstić information content (AvgIpc) is 3.56. The molecule has 3 heterocycles. The Bertz CT molecular complexity index is 1930. The average molecular weight is 599 g/mol. The molecule has 2 N–H and O–H groups in total. The normalized spacial score (nSPS) is 17.5. The molecule has 0 spiro atoms. The van der Waals surface area contributed by atoms with Crippen molar-refractivity contribution in [2.45, 2.75) is 44.8 Å². The van der Waals surface area contributed by atoms with Crippen molar-refractivity contribution in [3.63, 3.8) is 0 Å². The first-order valence-corrected chi connectivity index (χ1v) is 15.2. The van der Waals surface area contributed by atoms with Crippen LogP contribution in [0.25, 0.3) is 10.9 Å². The summed E-state index contributed by atoms with van der Waals surface area (Å²) in [6.07, 6.45) is 0.382. The first-order chi connectivity index (χ1) is 21.9. The number of fused-ring (bicyclic) bond motifs is 4. The molecule has 0 radical (unpaired) electrons. The number of ether oxygens (including phenoxy) is 1. The van der Waals surface area contributed by atoms with Gasteiger partial charge in [-0.2, -0.15) is 0 Å². The Hall–Kier alpha value is -5.37. The Kier molecular flexibility index (Phi) is 7.12. The minimum Gasteiger partial charge on any atom is -0.497 e. The van der Waals surface area contributed by atoms with Crippen molar-refractivity contribution in [2.24, 2.45) is 0 Å². The number of imide groups is 1. The number of rotatable bonds is 7. The first kappa shape index (κ1) is 28.4. The maximum Gasteiger partial charge on any atom is 0.332 e. The molecule has 0 bridgehead atoms. The number of para-hydroxylation sites is 2. The molecule has 0 saturated carbocycles. The van der Waals surface area contributed by atoms with Gasteiger partial charge in [-0.05, 0) is 58.5 Å². The van der Waals surface area contributed by atoms with Crippen LogP contribution in [0.15, 0.2) is 97.1 Å². The summed E-state index contributed by atoms with van der Waals surface area (Å²) in [6.45, 7) is 4.57. The van der Waals surface area contributed by atoms with E-state index in [-0.39, 0.29) is 29.6 Å². The molecule has 2 atom stereocenters. The van der Waals surface area contributed by atoms with Crippen molar-refractivity contribution in [1.29, 1.82) is 0 Å². The van der Waals surface area contributed by atoms with E-state index < -0.39 is 18.1 Å². The molecule has 7 rings (SSSR count). The van der Waals surface area contributed by atoms with Gasteiger partial charge in [0.25, 0.3) is 11.8 Å². The molecule has 4 aromatic carbocycles. The largest absolute Gasteiger partial charge is 0.497 e. The van der Waals surface area contributed by atoms with E-state index in [0.717, 1.165) is 39.0 Å².